The molecule has 1 aliphatic heterocycles. The number of rotatable bonds is 3. The van der Waals surface area contributed by atoms with E-state index in [1.54, 1.807) is 0 Å². The molecule has 0 spiro atoms. The second kappa shape index (κ2) is 4.00. The van der Waals surface area contributed by atoms with E-state index in [9.17, 15) is 4.79 Å². The minimum absolute atomic E-state index is 0.253. The van der Waals surface area contributed by atoms with Crippen LogP contribution in [0, 0.1) is 0 Å². The molecule has 1 aromatic rings. The summed E-state index contributed by atoms with van der Waals surface area (Å²) in [5.74, 6) is 0.757. The maximum atomic E-state index is 11.0. The number of cyclic esters (lactones) is 1. The zero-order chi connectivity index (χ0) is 9.80. The molecule has 2 rings (SSSR count). The highest BCUT2D eigenvalue weighted by atomic mass is 16.6. The Labute approximate surface area is 82.0 Å². The first kappa shape index (κ1) is 8.87. The smallest absolute Gasteiger partial charge is 0.412 e. The van der Waals surface area contributed by atoms with E-state index >= 15 is 0 Å². The van der Waals surface area contributed by atoms with Crippen LogP contribution in [0.1, 0.15) is 0 Å². The predicted octanol–water partition coefficient (Wildman–Crippen LogP) is 1.48. The van der Waals surface area contributed by atoms with E-state index in [0.717, 1.165) is 5.75 Å². The maximum absolute atomic E-state index is 11.0. The third kappa shape index (κ3) is 1.96. The van der Waals surface area contributed by atoms with Crippen LogP contribution in [-0.2, 0) is 4.74 Å². The van der Waals surface area contributed by atoms with Crippen molar-refractivity contribution >= 4 is 6.09 Å². The number of para-hydroxylation sites is 1. The highest BCUT2D eigenvalue weighted by molar-refractivity contribution is 5.69. The molecule has 0 radical (unpaired) electrons. The molecule has 74 valence electrons. The van der Waals surface area contributed by atoms with Crippen LogP contribution >= 0.6 is 0 Å². The van der Waals surface area contributed by atoms with Crippen LogP contribution in [-0.4, -0.2) is 30.9 Å². The Kier molecular flexibility index (Phi) is 2.53. The van der Waals surface area contributed by atoms with Crippen molar-refractivity contribution < 1.29 is 14.3 Å². The third-order valence-electron chi connectivity index (χ3n) is 1.98. The lowest BCUT2D eigenvalue weighted by Crippen LogP contribution is -2.28. The predicted molar refractivity (Wildman–Crippen MR) is 50.0 cm³/mol. The Morgan fingerprint density at radius 3 is 2.79 bits per heavy atom. The third-order valence-corrected chi connectivity index (χ3v) is 1.98. The number of carbonyl (C=O) groups is 1. The van der Waals surface area contributed by atoms with E-state index in [1.165, 1.54) is 4.90 Å². The largest absolute Gasteiger partial charge is 0.473 e. The molecule has 0 aliphatic carbocycles. The summed E-state index contributed by atoms with van der Waals surface area (Å²) in [5, 5.41) is 0. The molecule has 0 atom stereocenters. The lowest BCUT2D eigenvalue weighted by molar-refractivity contribution is 0.128. The summed E-state index contributed by atoms with van der Waals surface area (Å²) in [4.78, 5) is 12.5. The van der Waals surface area contributed by atoms with E-state index in [-0.39, 0.29) is 12.8 Å². The van der Waals surface area contributed by atoms with Crippen LogP contribution in [0.5, 0.6) is 5.75 Å². The lowest BCUT2D eigenvalue weighted by Gasteiger charge is -2.13. The van der Waals surface area contributed by atoms with Gasteiger partial charge in [-0.3, -0.25) is 4.90 Å². The summed E-state index contributed by atoms with van der Waals surface area (Å²) >= 11 is 0. The van der Waals surface area contributed by atoms with Gasteiger partial charge in [-0.05, 0) is 12.1 Å². The lowest BCUT2D eigenvalue weighted by atomic mass is 10.3. The Bertz CT molecular complexity index is 312. The number of benzene rings is 1. The number of hydrogen-bond donors (Lipinski definition) is 0. The van der Waals surface area contributed by atoms with Crippen molar-refractivity contribution in [2.24, 2.45) is 0 Å². The van der Waals surface area contributed by atoms with Crippen molar-refractivity contribution in [3.05, 3.63) is 30.3 Å². The van der Waals surface area contributed by atoms with Gasteiger partial charge in [0, 0.05) is 0 Å². The zero-order valence-electron chi connectivity index (χ0n) is 7.68. The first-order valence-electron chi connectivity index (χ1n) is 4.46. The van der Waals surface area contributed by atoms with Crippen molar-refractivity contribution in [2.45, 2.75) is 0 Å². The molecule has 0 saturated carbocycles. The van der Waals surface area contributed by atoms with Gasteiger partial charge in [-0.15, -0.1) is 0 Å². The minimum atomic E-state index is -0.305. The minimum Gasteiger partial charge on any atom is -0.473 e. The fourth-order valence-electron chi connectivity index (χ4n) is 1.21. The first-order valence-corrected chi connectivity index (χ1v) is 4.46. The highest BCUT2D eigenvalue weighted by Gasteiger charge is 2.21. The average Bonchev–Trinajstić information content (AvgIpc) is 2.63. The van der Waals surface area contributed by atoms with E-state index < -0.39 is 0 Å². The number of ether oxygens (including phenoxy) is 2. The van der Waals surface area contributed by atoms with Crippen LogP contribution in [0.4, 0.5) is 4.79 Å². The van der Waals surface area contributed by atoms with Gasteiger partial charge in [-0.1, -0.05) is 18.2 Å². The van der Waals surface area contributed by atoms with Crippen molar-refractivity contribution in [1.29, 1.82) is 0 Å². The van der Waals surface area contributed by atoms with E-state index in [4.69, 9.17) is 9.47 Å². The Hall–Kier alpha value is -1.71. The summed E-state index contributed by atoms with van der Waals surface area (Å²) in [6, 6.07) is 9.38. The molecular formula is C10H11NO3. The molecule has 0 N–H and O–H groups in total. The SMILES string of the molecule is O=C1OCCN1COc1ccccc1. The molecule has 1 heterocycles. The number of nitrogens with zero attached hydrogens (tertiary/aromatic N) is 1. The highest BCUT2D eigenvalue weighted by Crippen LogP contribution is 2.10. The summed E-state index contributed by atoms with van der Waals surface area (Å²) in [5.41, 5.74) is 0. The monoisotopic (exact) mass is 193 g/mol. The summed E-state index contributed by atoms with van der Waals surface area (Å²) in [6.45, 7) is 1.31. The zero-order valence-corrected chi connectivity index (χ0v) is 7.68. The second-order valence-corrected chi connectivity index (χ2v) is 2.96. The molecule has 0 aromatic heterocycles. The van der Waals surface area contributed by atoms with Crippen LogP contribution < -0.4 is 4.74 Å². The van der Waals surface area contributed by atoms with Crippen molar-refractivity contribution in [3.8, 4) is 5.75 Å². The quantitative estimate of drug-likeness (QED) is 0.729. The Balaban J connectivity index is 1.85. The molecule has 1 fully saturated rings. The number of amides is 1. The van der Waals surface area contributed by atoms with Gasteiger partial charge in [0.25, 0.3) is 0 Å². The van der Waals surface area contributed by atoms with E-state index in [1.807, 2.05) is 30.3 Å². The van der Waals surface area contributed by atoms with Gasteiger partial charge in [0.2, 0.25) is 0 Å². The van der Waals surface area contributed by atoms with Crippen molar-refractivity contribution in [2.75, 3.05) is 19.9 Å². The summed E-state index contributed by atoms with van der Waals surface area (Å²) < 4.78 is 10.1. The van der Waals surface area contributed by atoms with Crippen LogP contribution in [0.15, 0.2) is 30.3 Å². The molecule has 1 amide bonds. The van der Waals surface area contributed by atoms with Gasteiger partial charge in [0.15, 0.2) is 6.73 Å². The molecule has 0 bridgehead atoms. The second-order valence-electron chi connectivity index (χ2n) is 2.96. The van der Waals surface area contributed by atoms with Crippen LogP contribution in [0.25, 0.3) is 0 Å². The Morgan fingerprint density at radius 1 is 1.36 bits per heavy atom. The van der Waals surface area contributed by atoms with Gasteiger partial charge < -0.3 is 9.47 Å². The Morgan fingerprint density at radius 2 is 2.14 bits per heavy atom. The van der Waals surface area contributed by atoms with Crippen molar-refractivity contribution in [3.63, 3.8) is 0 Å². The fraction of sp³-hybridized carbons (Fsp3) is 0.300. The normalized spacial score (nSPS) is 15.4. The molecular weight excluding hydrogens is 182 g/mol. The molecule has 4 nitrogen and oxygen atoms in total. The molecule has 14 heavy (non-hydrogen) atoms. The first-order chi connectivity index (χ1) is 6.86. The average molecular weight is 193 g/mol. The van der Waals surface area contributed by atoms with Crippen molar-refractivity contribution in [1.82, 2.24) is 4.90 Å². The summed E-state index contributed by atoms with van der Waals surface area (Å²) in [7, 11) is 0. The molecule has 4 heteroatoms. The topological polar surface area (TPSA) is 38.8 Å². The number of carbonyl (C=O) groups excluding carboxylic acids is 1. The standard InChI is InChI=1S/C10H11NO3/c12-10-11(6-7-13-10)8-14-9-4-2-1-3-5-9/h1-5H,6-8H2. The van der Waals surface area contributed by atoms with E-state index in [2.05, 4.69) is 0 Å². The van der Waals surface area contributed by atoms with Gasteiger partial charge in [0.05, 0.1) is 6.54 Å². The van der Waals surface area contributed by atoms with Crippen LogP contribution in [0.3, 0.4) is 0 Å². The van der Waals surface area contributed by atoms with Gasteiger partial charge in [0.1, 0.15) is 12.4 Å². The van der Waals surface area contributed by atoms with E-state index in [0.29, 0.717) is 13.2 Å². The molecule has 0 unspecified atom stereocenters. The number of hydrogen-bond acceptors (Lipinski definition) is 3. The molecule has 1 aliphatic rings. The summed E-state index contributed by atoms with van der Waals surface area (Å²) in [6.07, 6.45) is -0.305. The van der Waals surface area contributed by atoms with Gasteiger partial charge in [-0.2, -0.15) is 0 Å². The molecule has 1 saturated heterocycles. The fourth-order valence-corrected chi connectivity index (χ4v) is 1.21. The van der Waals surface area contributed by atoms with Gasteiger partial charge >= 0.3 is 6.09 Å². The van der Waals surface area contributed by atoms with Gasteiger partial charge in [-0.25, -0.2) is 4.79 Å². The maximum Gasteiger partial charge on any atom is 0.412 e. The molecule has 1 aromatic carbocycles. The van der Waals surface area contributed by atoms with Crippen LogP contribution in [0.2, 0.25) is 0 Å².